The molecule has 5 nitrogen and oxygen atoms in total. The van der Waals surface area contributed by atoms with Crippen LogP contribution in [0.1, 0.15) is 39.7 Å². The Kier molecular flexibility index (Phi) is 4.28. The van der Waals surface area contributed by atoms with Crippen molar-refractivity contribution in [2.45, 2.75) is 52.2 Å². The van der Waals surface area contributed by atoms with Gasteiger partial charge in [0.25, 0.3) is 0 Å². The highest BCUT2D eigenvalue weighted by Crippen LogP contribution is 2.32. The van der Waals surface area contributed by atoms with Crippen molar-refractivity contribution < 1.29 is 14.3 Å². The van der Waals surface area contributed by atoms with E-state index in [-0.39, 0.29) is 5.91 Å². The Labute approximate surface area is 143 Å². The van der Waals surface area contributed by atoms with E-state index in [1.54, 1.807) is 4.90 Å². The van der Waals surface area contributed by atoms with Crippen LogP contribution in [-0.2, 0) is 16.0 Å². The first-order valence-corrected chi connectivity index (χ1v) is 8.65. The quantitative estimate of drug-likeness (QED) is 0.794. The number of carbonyl (C=O) groups is 2. The first kappa shape index (κ1) is 16.8. The summed E-state index contributed by atoms with van der Waals surface area (Å²) in [6, 6.07) is 7.56. The maximum absolute atomic E-state index is 13.1. The van der Waals surface area contributed by atoms with Crippen molar-refractivity contribution in [1.29, 1.82) is 0 Å². The Bertz CT molecular complexity index is 650. The SMILES string of the molecule is CC1C[C@@H](C(=O)N2CCc3ccccc32)N(C(=O)OC(C)(C)C)C1. The number of anilines is 1. The molecular weight excluding hydrogens is 304 g/mol. The Morgan fingerprint density at radius 2 is 1.92 bits per heavy atom. The number of carbonyl (C=O) groups excluding carboxylic acids is 2. The van der Waals surface area contributed by atoms with Crippen LogP contribution < -0.4 is 4.90 Å². The van der Waals surface area contributed by atoms with Crippen LogP contribution in [0.15, 0.2) is 24.3 Å². The van der Waals surface area contributed by atoms with Crippen molar-refractivity contribution >= 4 is 17.7 Å². The summed E-state index contributed by atoms with van der Waals surface area (Å²) in [4.78, 5) is 29.1. The highest BCUT2D eigenvalue weighted by atomic mass is 16.6. The summed E-state index contributed by atoms with van der Waals surface area (Å²) >= 11 is 0. The molecule has 2 aliphatic heterocycles. The van der Waals surface area contributed by atoms with Gasteiger partial charge in [0, 0.05) is 18.8 Å². The predicted molar refractivity (Wildman–Crippen MR) is 93.0 cm³/mol. The molecule has 3 rings (SSSR count). The zero-order chi connectivity index (χ0) is 17.5. The molecule has 2 amide bonds. The van der Waals surface area contributed by atoms with Crippen molar-refractivity contribution in [3.63, 3.8) is 0 Å². The number of likely N-dealkylation sites (tertiary alicyclic amines) is 1. The molecule has 0 spiro atoms. The lowest BCUT2D eigenvalue weighted by Gasteiger charge is -2.30. The Hall–Kier alpha value is -2.04. The molecule has 1 saturated heterocycles. The summed E-state index contributed by atoms with van der Waals surface area (Å²) in [6.45, 7) is 8.86. The Morgan fingerprint density at radius 1 is 1.21 bits per heavy atom. The summed E-state index contributed by atoms with van der Waals surface area (Å²) in [5.74, 6) is 0.305. The molecule has 1 unspecified atom stereocenters. The lowest BCUT2D eigenvalue weighted by Crippen LogP contribution is -2.48. The number of fused-ring (bicyclic) bond motifs is 1. The largest absolute Gasteiger partial charge is 0.444 e. The first-order chi connectivity index (χ1) is 11.3. The molecule has 0 bridgehead atoms. The average molecular weight is 330 g/mol. The summed E-state index contributed by atoms with van der Waals surface area (Å²) in [5, 5.41) is 0. The molecule has 24 heavy (non-hydrogen) atoms. The molecule has 0 aliphatic carbocycles. The second-order valence-corrected chi connectivity index (χ2v) is 7.86. The number of rotatable bonds is 1. The number of hydrogen-bond donors (Lipinski definition) is 0. The minimum absolute atomic E-state index is 0.00941. The van der Waals surface area contributed by atoms with Gasteiger partial charge >= 0.3 is 6.09 Å². The second kappa shape index (κ2) is 6.11. The zero-order valence-corrected chi connectivity index (χ0v) is 14.9. The molecule has 5 heteroatoms. The molecule has 0 aromatic heterocycles. The normalized spacial score (nSPS) is 23.3. The smallest absolute Gasteiger partial charge is 0.410 e. The molecule has 1 aromatic rings. The van der Waals surface area contributed by atoms with E-state index in [4.69, 9.17) is 4.74 Å². The zero-order valence-electron chi connectivity index (χ0n) is 14.9. The van der Waals surface area contributed by atoms with Crippen LogP contribution in [0.4, 0.5) is 10.5 Å². The van der Waals surface area contributed by atoms with Gasteiger partial charge in [0.2, 0.25) is 5.91 Å². The lowest BCUT2D eigenvalue weighted by atomic mass is 10.1. The maximum Gasteiger partial charge on any atom is 0.410 e. The van der Waals surface area contributed by atoms with Crippen LogP contribution >= 0.6 is 0 Å². The van der Waals surface area contributed by atoms with E-state index in [2.05, 4.69) is 13.0 Å². The predicted octanol–water partition coefficient (Wildman–Crippen LogP) is 3.22. The highest BCUT2D eigenvalue weighted by molar-refractivity contribution is 6.00. The van der Waals surface area contributed by atoms with Gasteiger partial charge in [0.15, 0.2) is 0 Å². The van der Waals surface area contributed by atoms with Gasteiger partial charge < -0.3 is 9.64 Å². The minimum atomic E-state index is -0.559. The first-order valence-electron chi connectivity index (χ1n) is 8.65. The molecule has 2 atom stereocenters. The van der Waals surface area contributed by atoms with Gasteiger partial charge in [0.05, 0.1) is 0 Å². The summed E-state index contributed by atoms with van der Waals surface area (Å²) in [5.41, 5.74) is 1.61. The van der Waals surface area contributed by atoms with Crippen LogP contribution in [0, 0.1) is 5.92 Å². The number of amides is 2. The molecule has 0 N–H and O–H groups in total. The number of hydrogen-bond acceptors (Lipinski definition) is 3. The number of para-hydroxylation sites is 1. The van der Waals surface area contributed by atoms with Gasteiger partial charge in [0.1, 0.15) is 11.6 Å². The van der Waals surface area contributed by atoms with Crippen molar-refractivity contribution in [1.82, 2.24) is 4.90 Å². The monoisotopic (exact) mass is 330 g/mol. The molecule has 0 radical (unpaired) electrons. The van der Waals surface area contributed by atoms with Crippen molar-refractivity contribution in [2.75, 3.05) is 18.0 Å². The van der Waals surface area contributed by atoms with Crippen LogP contribution in [-0.4, -0.2) is 41.6 Å². The molecular formula is C19H26N2O3. The van der Waals surface area contributed by atoms with Crippen LogP contribution in [0.2, 0.25) is 0 Å². The third-order valence-electron chi connectivity index (χ3n) is 4.58. The summed E-state index contributed by atoms with van der Waals surface area (Å²) in [7, 11) is 0. The van der Waals surface area contributed by atoms with Crippen molar-refractivity contribution in [2.24, 2.45) is 5.92 Å². The van der Waals surface area contributed by atoms with Gasteiger partial charge in [-0.1, -0.05) is 25.1 Å². The topological polar surface area (TPSA) is 49.9 Å². The lowest BCUT2D eigenvalue weighted by molar-refractivity contribution is -0.122. The van der Waals surface area contributed by atoms with Crippen LogP contribution in [0.5, 0.6) is 0 Å². The fourth-order valence-corrected chi connectivity index (χ4v) is 3.55. The van der Waals surface area contributed by atoms with E-state index >= 15 is 0 Å². The fourth-order valence-electron chi connectivity index (χ4n) is 3.55. The van der Waals surface area contributed by atoms with Gasteiger partial charge in [-0.3, -0.25) is 9.69 Å². The molecule has 130 valence electrons. The molecule has 2 aliphatic rings. The molecule has 1 aromatic carbocycles. The van der Waals surface area contributed by atoms with Crippen LogP contribution in [0.3, 0.4) is 0 Å². The van der Waals surface area contributed by atoms with E-state index in [9.17, 15) is 9.59 Å². The second-order valence-electron chi connectivity index (χ2n) is 7.86. The standard InChI is InChI=1S/C19H26N2O3/c1-13-11-16(21(12-13)18(23)24-19(2,3)4)17(22)20-10-9-14-7-5-6-8-15(14)20/h5-8,13,16H,9-12H2,1-4H3/t13?,16-/m0/s1. The minimum Gasteiger partial charge on any atom is -0.444 e. The van der Waals surface area contributed by atoms with E-state index in [1.165, 1.54) is 5.56 Å². The summed E-state index contributed by atoms with van der Waals surface area (Å²) in [6.07, 6.45) is 1.17. The molecule has 2 heterocycles. The van der Waals surface area contributed by atoms with E-state index in [0.29, 0.717) is 25.4 Å². The maximum atomic E-state index is 13.1. The third-order valence-corrected chi connectivity index (χ3v) is 4.58. The average Bonchev–Trinajstić information content (AvgIpc) is 3.08. The Balaban J connectivity index is 1.79. The third kappa shape index (κ3) is 3.25. The van der Waals surface area contributed by atoms with Crippen molar-refractivity contribution in [3.05, 3.63) is 29.8 Å². The van der Waals surface area contributed by atoms with Crippen molar-refractivity contribution in [3.8, 4) is 0 Å². The number of benzene rings is 1. The van der Waals surface area contributed by atoms with E-state index in [0.717, 1.165) is 12.1 Å². The van der Waals surface area contributed by atoms with Gasteiger partial charge in [-0.15, -0.1) is 0 Å². The summed E-state index contributed by atoms with van der Waals surface area (Å²) < 4.78 is 5.50. The highest BCUT2D eigenvalue weighted by Gasteiger charge is 2.42. The van der Waals surface area contributed by atoms with E-state index < -0.39 is 17.7 Å². The molecule has 0 saturated carbocycles. The van der Waals surface area contributed by atoms with Gasteiger partial charge in [-0.25, -0.2) is 4.79 Å². The number of nitrogens with zero attached hydrogens (tertiary/aromatic N) is 2. The number of ether oxygens (including phenoxy) is 1. The van der Waals surface area contributed by atoms with Gasteiger partial charge in [-0.2, -0.15) is 0 Å². The van der Waals surface area contributed by atoms with Crippen LogP contribution in [0.25, 0.3) is 0 Å². The Morgan fingerprint density at radius 3 is 2.62 bits per heavy atom. The van der Waals surface area contributed by atoms with E-state index in [1.807, 2.05) is 43.9 Å². The molecule has 1 fully saturated rings. The van der Waals surface area contributed by atoms with Gasteiger partial charge in [-0.05, 0) is 51.2 Å². The fraction of sp³-hybridized carbons (Fsp3) is 0.579.